The van der Waals surface area contributed by atoms with Gasteiger partial charge in [-0.25, -0.2) is 0 Å². The molecule has 52 valence electrons. The molecule has 0 heterocycles. The fourth-order valence-electron chi connectivity index (χ4n) is 1.39. The van der Waals surface area contributed by atoms with Crippen LogP contribution in [0.5, 0.6) is 0 Å². The van der Waals surface area contributed by atoms with Crippen molar-refractivity contribution in [2.75, 3.05) is 7.05 Å². The van der Waals surface area contributed by atoms with Gasteiger partial charge in [-0.3, -0.25) is 0 Å². The van der Waals surface area contributed by atoms with Crippen LogP contribution in [0.1, 0.15) is 19.8 Å². The molecule has 1 N–H and O–H groups in total. The Labute approximate surface area is 57.1 Å². The number of hydrogen-bond acceptors (Lipinski definition) is 1. The van der Waals surface area contributed by atoms with Crippen molar-refractivity contribution in [1.82, 2.24) is 5.32 Å². The lowest BCUT2D eigenvalue weighted by molar-refractivity contribution is 0.421. The maximum Gasteiger partial charge on any atom is 0.0127 e. The van der Waals surface area contributed by atoms with E-state index in [9.17, 15) is 0 Å². The van der Waals surface area contributed by atoms with E-state index < -0.39 is 0 Å². The molecule has 0 aromatic heterocycles. The average molecular weight is 125 g/mol. The van der Waals surface area contributed by atoms with Gasteiger partial charge in [0.05, 0.1) is 0 Å². The molecule has 0 saturated carbocycles. The second-order valence-electron chi connectivity index (χ2n) is 2.76. The lowest BCUT2D eigenvalue weighted by Crippen LogP contribution is -2.32. The second kappa shape index (κ2) is 3.02. The van der Waals surface area contributed by atoms with E-state index in [1.165, 1.54) is 12.8 Å². The standard InChI is InChI=1S/C8H15N/c1-7-5-3-4-6-8(7)9-2/h3,5,7-9H,4,6H2,1-2H3. The van der Waals surface area contributed by atoms with E-state index in [4.69, 9.17) is 0 Å². The van der Waals surface area contributed by atoms with Gasteiger partial charge in [-0.05, 0) is 25.8 Å². The smallest absolute Gasteiger partial charge is 0.0127 e. The van der Waals surface area contributed by atoms with Gasteiger partial charge in [-0.15, -0.1) is 0 Å². The van der Waals surface area contributed by atoms with Crippen LogP contribution in [0.3, 0.4) is 0 Å². The fourth-order valence-corrected chi connectivity index (χ4v) is 1.39. The van der Waals surface area contributed by atoms with E-state index in [0.717, 1.165) is 12.0 Å². The Morgan fingerprint density at radius 3 is 2.78 bits per heavy atom. The van der Waals surface area contributed by atoms with Crippen LogP contribution in [-0.2, 0) is 0 Å². The van der Waals surface area contributed by atoms with Crippen molar-refractivity contribution in [1.29, 1.82) is 0 Å². The first-order valence-corrected chi connectivity index (χ1v) is 3.68. The van der Waals surface area contributed by atoms with Crippen LogP contribution >= 0.6 is 0 Å². The van der Waals surface area contributed by atoms with Gasteiger partial charge in [0.2, 0.25) is 0 Å². The lowest BCUT2D eigenvalue weighted by atomic mass is 9.92. The molecule has 1 rings (SSSR count). The first-order chi connectivity index (χ1) is 4.34. The summed E-state index contributed by atoms with van der Waals surface area (Å²) < 4.78 is 0. The molecule has 1 nitrogen and oxygen atoms in total. The summed E-state index contributed by atoms with van der Waals surface area (Å²) in [7, 11) is 2.04. The zero-order valence-electron chi connectivity index (χ0n) is 6.22. The summed E-state index contributed by atoms with van der Waals surface area (Å²) in [6.07, 6.45) is 7.12. The van der Waals surface area contributed by atoms with E-state index in [0.29, 0.717) is 0 Å². The largest absolute Gasteiger partial charge is 0.316 e. The minimum atomic E-state index is 0.718. The molecule has 0 aromatic rings. The molecule has 0 aliphatic heterocycles. The van der Waals surface area contributed by atoms with Gasteiger partial charge in [-0.2, -0.15) is 0 Å². The maximum absolute atomic E-state index is 3.30. The predicted molar refractivity (Wildman–Crippen MR) is 40.4 cm³/mol. The Morgan fingerprint density at radius 2 is 2.33 bits per heavy atom. The summed E-state index contributed by atoms with van der Waals surface area (Å²) in [6.45, 7) is 2.26. The van der Waals surface area contributed by atoms with Crippen LogP contribution in [0.15, 0.2) is 12.2 Å². The van der Waals surface area contributed by atoms with Crippen molar-refractivity contribution >= 4 is 0 Å². The summed E-state index contributed by atoms with van der Waals surface area (Å²) in [4.78, 5) is 0. The normalized spacial score (nSPS) is 34.9. The Bertz CT molecular complexity index is 107. The highest BCUT2D eigenvalue weighted by Crippen LogP contribution is 2.16. The van der Waals surface area contributed by atoms with Gasteiger partial charge in [0.25, 0.3) is 0 Å². The molecule has 0 aromatic carbocycles. The van der Waals surface area contributed by atoms with Crippen molar-refractivity contribution in [2.24, 2.45) is 5.92 Å². The fraction of sp³-hybridized carbons (Fsp3) is 0.750. The molecule has 1 aliphatic rings. The summed E-state index contributed by atoms with van der Waals surface area (Å²) in [6, 6.07) is 0.718. The number of allylic oxidation sites excluding steroid dienone is 1. The molecule has 0 spiro atoms. The van der Waals surface area contributed by atoms with Gasteiger partial charge < -0.3 is 5.32 Å². The van der Waals surface area contributed by atoms with Crippen LogP contribution in [0, 0.1) is 5.92 Å². The average Bonchev–Trinajstić information content (AvgIpc) is 1.89. The molecule has 2 atom stereocenters. The minimum absolute atomic E-state index is 0.718. The van der Waals surface area contributed by atoms with Gasteiger partial charge in [0.15, 0.2) is 0 Å². The molecule has 1 aliphatic carbocycles. The Hall–Kier alpha value is -0.300. The molecule has 0 fully saturated rings. The Morgan fingerprint density at radius 1 is 1.56 bits per heavy atom. The highest BCUT2D eigenvalue weighted by atomic mass is 14.9. The molecule has 0 bridgehead atoms. The molecular weight excluding hydrogens is 110 g/mol. The Balaban J connectivity index is 2.44. The van der Waals surface area contributed by atoms with Crippen LogP contribution in [-0.4, -0.2) is 13.1 Å². The van der Waals surface area contributed by atoms with Crippen LogP contribution in [0.25, 0.3) is 0 Å². The highest BCUT2D eigenvalue weighted by Gasteiger charge is 2.13. The van der Waals surface area contributed by atoms with Crippen LogP contribution in [0.4, 0.5) is 0 Å². The zero-order chi connectivity index (χ0) is 6.69. The molecule has 0 saturated heterocycles. The second-order valence-corrected chi connectivity index (χ2v) is 2.76. The van der Waals surface area contributed by atoms with Crippen molar-refractivity contribution < 1.29 is 0 Å². The van der Waals surface area contributed by atoms with Gasteiger partial charge in [0.1, 0.15) is 0 Å². The first kappa shape index (κ1) is 6.81. The van der Waals surface area contributed by atoms with Crippen LogP contribution in [0.2, 0.25) is 0 Å². The molecule has 2 unspecified atom stereocenters. The van der Waals surface area contributed by atoms with E-state index in [1.807, 2.05) is 7.05 Å². The topological polar surface area (TPSA) is 12.0 Å². The molecule has 0 amide bonds. The van der Waals surface area contributed by atoms with E-state index >= 15 is 0 Å². The lowest BCUT2D eigenvalue weighted by Gasteiger charge is -2.23. The SMILES string of the molecule is CNC1CCC=CC1C. The summed E-state index contributed by atoms with van der Waals surface area (Å²) >= 11 is 0. The molecule has 9 heavy (non-hydrogen) atoms. The highest BCUT2D eigenvalue weighted by molar-refractivity contribution is 4.97. The molecular formula is C8H15N. The van der Waals surface area contributed by atoms with E-state index in [1.54, 1.807) is 0 Å². The molecule has 0 radical (unpaired) electrons. The zero-order valence-corrected chi connectivity index (χ0v) is 6.22. The number of nitrogens with one attached hydrogen (secondary N) is 1. The van der Waals surface area contributed by atoms with Crippen molar-refractivity contribution in [3.8, 4) is 0 Å². The minimum Gasteiger partial charge on any atom is -0.316 e. The van der Waals surface area contributed by atoms with Crippen molar-refractivity contribution in [2.45, 2.75) is 25.8 Å². The Kier molecular flexibility index (Phi) is 2.29. The number of rotatable bonds is 1. The first-order valence-electron chi connectivity index (χ1n) is 3.68. The predicted octanol–water partition coefficient (Wildman–Crippen LogP) is 1.56. The van der Waals surface area contributed by atoms with Crippen LogP contribution < -0.4 is 5.32 Å². The third kappa shape index (κ3) is 1.55. The van der Waals surface area contributed by atoms with Crippen molar-refractivity contribution in [3.05, 3.63) is 12.2 Å². The quantitative estimate of drug-likeness (QED) is 0.524. The monoisotopic (exact) mass is 125 g/mol. The number of hydrogen-bond donors (Lipinski definition) is 1. The maximum atomic E-state index is 3.30. The van der Waals surface area contributed by atoms with Gasteiger partial charge >= 0.3 is 0 Å². The van der Waals surface area contributed by atoms with Gasteiger partial charge in [-0.1, -0.05) is 19.1 Å². The third-order valence-corrected chi connectivity index (χ3v) is 2.09. The molecule has 1 heteroatoms. The summed E-state index contributed by atoms with van der Waals surface area (Å²) in [5.41, 5.74) is 0. The summed E-state index contributed by atoms with van der Waals surface area (Å²) in [5.74, 6) is 0.726. The van der Waals surface area contributed by atoms with Gasteiger partial charge in [0, 0.05) is 6.04 Å². The van der Waals surface area contributed by atoms with E-state index in [2.05, 4.69) is 24.4 Å². The van der Waals surface area contributed by atoms with E-state index in [-0.39, 0.29) is 0 Å². The van der Waals surface area contributed by atoms with Crippen molar-refractivity contribution in [3.63, 3.8) is 0 Å². The summed E-state index contributed by atoms with van der Waals surface area (Å²) in [5, 5.41) is 3.30. The third-order valence-electron chi connectivity index (χ3n) is 2.09.